The molecule has 136 valence electrons. The van der Waals surface area contributed by atoms with Crippen LogP contribution in [0, 0.1) is 0 Å². The van der Waals surface area contributed by atoms with Crippen LogP contribution in [0.25, 0.3) is 11.0 Å². The predicted molar refractivity (Wildman–Crippen MR) is 107 cm³/mol. The van der Waals surface area contributed by atoms with E-state index in [1.54, 1.807) is 6.26 Å². The van der Waals surface area contributed by atoms with Crippen LogP contribution in [0.5, 0.6) is 0 Å². The molecule has 1 aliphatic carbocycles. The second-order valence-electron chi connectivity index (χ2n) is 6.82. The summed E-state index contributed by atoms with van der Waals surface area (Å²) in [4.78, 5) is 10.5. The first kappa shape index (κ1) is 17.1. The normalized spacial score (nSPS) is 14.8. The van der Waals surface area contributed by atoms with E-state index in [0.29, 0.717) is 12.6 Å². The second-order valence-corrected chi connectivity index (χ2v) is 7.21. The van der Waals surface area contributed by atoms with E-state index in [1.807, 2.05) is 30.3 Å². The molecule has 4 rings (SSSR count). The number of hydrogen-bond donors (Lipinski definition) is 2. The molecule has 6 heteroatoms. The van der Waals surface area contributed by atoms with Crippen LogP contribution in [0.1, 0.15) is 37.3 Å². The Labute approximate surface area is 158 Å². The first-order valence-corrected chi connectivity index (χ1v) is 9.71. The Morgan fingerprint density at radius 1 is 1.23 bits per heavy atom. The van der Waals surface area contributed by atoms with Gasteiger partial charge in [0.25, 0.3) is 0 Å². The minimum atomic E-state index is 0.524. The lowest BCUT2D eigenvalue weighted by Gasteiger charge is -2.31. The molecule has 5 nitrogen and oxygen atoms in total. The first-order chi connectivity index (χ1) is 12.8. The number of hydrogen-bond acceptors (Lipinski definition) is 3. The number of imidazole rings is 1. The summed E-state index contributed by atoms with van der Waals surface area (Å²) in [7, 11) is 0. The molecule has 0 bridgehead atoms. The molecule has 0 saturated heterocycles. The fourth-order valence-electron chi connectivity index (χ4n) is 3.69. The number of furan rings is 1. The summed E-state index contributed by atoms with van der Waals surface area (Å²) < 4.78 is 5.40. The highest BCUT2D eigenvalue weighted by atomic mass is 32.1. The van der Waals surface area contributed by atoms with Crippen molar-refractivity contribution >= 4 is 28.4 Å². The minimum Gasteiger partial charge on any atom is -0.467 e. The van der Waals surface area contributed by atoms with E-state index in [9.17, 15) is 0 Å². The molecule has 2 heterocycles. The maximum Gasteiger partial charge on any atom is 0.169 e. The Kier molecular flexibility index (Phi) is 5.20. The largest absolute Gasteiger partial charge is 0.467 e. The minimum absolute atomic E-state index is 0.524. The van der Waals surface area contributed by atoms with E-state index >= 15 is 0 Å². The monoisotopic (exact) mass is 368 g/mol. The molecule has 0 spiro atoms. The van der Waals surface area contributed by atoms with Gasteiger partial charge in [-0.15, -0.1) is 0 Å². The van der Waals surface area contributed by atoms with Crippen LogP contribution >= 0.6 is 12.2 Å². The third-order valence-corrected chi connectivity index (χ3v) is 5.43. The van der Waals surface area contributed by atoms with Crippen LogP contribution in [0.4, 0.5) is 0 Å². The molecule has 1 aromatic carbocycles. The number of nitrogens with zero attached hydrogens (tertiary/aromatic N) is 2. The molecule has 0 radical (unpaired) electrons. The number of aromatic nitrogens is 2. The molecular weight excluding hydrogens is 344 g/mol. The van der Waals surface area contributed by atoms with E-state index in [2.05, 4.69) is 21.3 Å². The Hall–Kier alpha value is -2.34. The lowest BCUT2D eigenvalue weighted by Crippen LogP contribution is -2.45. The highest BCUT2D eigenvalue weighted by Crippen LogP contribution is 2.24. The number of benzene rings is 1. The Balaban J connectivity index is 1.41. The van der Waals surface area contributed by atoms with E-state index in [1.165, 1.54) is 25.7 Å². The zero-order chi connectivity index (χ0) is 17.8. The van der Waals surface area contributed by atoms with Gasteiger partial charge < -0.3 is 19.6 Å². The topological polar surface area (TPSA) is 57.1 Å². The van der Waals surface area contributed by atoms with Crippen molar-refractivity contribution in [3.63, 3.8) is 0 Å². The van der Waals surface area contributed by atoms with Crippen molar-refractivity contribution in [2.75, 3.05) is 6.54 Å². The van der Waals surface area contributed by atoms with Crippen molar-refractivity contribution < 1.29 is 4.42 Å². The summed E-state index contributed by atoms with van der Waals surface area (Å²) in [6.07, 6.45) is 7.54. The van der Waals surface area contributed by atoms with Crippen molar-refractivity contribution in [2.45, 2.75) is 44.7 Å². The fraction of sp³-hybridized carbons (Fsp3) is 0.400. The SMILES string of the molecule is S=C(NCc1ccco1)N(CCc1nc2ccccc2[nH]1)C1CCCC1. The van der Waals surface area contributed by atoms with Gasteiger partial charge in [-0.3, -0.25) is 0 Å². The quantitative estimate of drug-likeness (QED) is 0.644. The number of nitrogens with one attached hydrogen (secondary N) is 2. The second kappa shape index (κ2) is 7.91. The summed E-state index contributed by atoms with van der Waals surface area (Å²) in [6.45, 7) is 1.49. The van der Waals surface area contributed by atoms with Crippen molar-refractivity contribution in [1.29, 1.82) is 0 Å². The van der Waals surface area contributed by atoms with E-state index in [-0.39, 0.29) is 0 Å². The van der Waals surface area contributed by atoms with Crippen molar-refractivity contribution in [3.8, 4) is 0 Å². The van der Waals surface area contributed by atoms with Crippen LogP contribution < -0.4 is 5.32 Å². The first-order valence-electron chi connectivity index (χ1n) is 9.30. The number of H-pyrrole nitrogens is 1. The predicted octanol–water partition coefficient (Wildman–Crippen LogP) is 4.02. The van der Waals surface area contributed by atoms with Crippen LogP contribution in [-0.4, -0.2) is 32.6 Å². The molecule has 0 amide bonds. The molecule has 1 saturated carbocycles. The molecule has 3 aromatic rings. The zero-order valence-corrected chi connectivity index (χ0v) is 15.6. The number of aromatic amines is 1. The van der Waals surface area contributed by atoms with E-state index in [0.717, 1.165) is 40.7 Å². The standard InChI is InChI=1S/C20H24N4OS/c26-20(21-14-16-8-5-13-25-16)24(15-6-1-2-7-15)12-11-19-22-17-9-3-4-10-18(17)23-19/h3-5,8-10,13,15H,1-2,6-7,11-12,14H2,(H,21,26)(H,22,23). The lowest BCUT2D eigenvalue weighted by molar-refractivity contribution is 0.310. The third-order valence-electron chi connectivity index (χ3n) is 5.05. The molecule has 0 aliphatic heterocycles. The van der Waals surface area contributed by atoms with Gasteiger partial charge in [0.2, 0.25) is 0 Å². The molecular formula is C20H24N4OS. The van der Waals surface area contributed by atoms with Crippen LogP contribution in [-0.2, 0) is 13.0 Å². The van der Waals surface area contributed by atoms with Gasteiger partial charge in [-0.25, -0.2) is 4.98 Å². The van der Waals surface area contributed by atoms with Crippen LogP contribution in [0.3, 0.4) is 0 Å². The van der Waals surface area contributed by atoms with Crippen molar-refractivity contribution in [3.05, 3.63) is 54.2 Å². The number of thiocarbonyl (C=S) groups is 1. The zero-order valence-electron chi connectivity index (χ0n) is 14.8. The highest BCUT2D eigenvalue weighted by molar-refractivity contribution is 7.80. The summed E-state index contributed by atoms with van der Waals surface area (Å²) >= 11 is 5.71. The van der Waals surface area contributed by atoms with E-state index in [4.69, 9.17) is 21.6 Å². The maximum absolute atomic E-state index is 5.71. The van der Waals surface area contributed by atoms with Gasteiger partial charge in [-0.1, -0.05) is 25.0 Å². The Bertz CT molecular complexity index is 819. The number of fused-ring (bicyclic) bond motifs is 1. The molecule has 0 unspecified atom stereocenters. The molecule has 0 atom stereocenters. The van der Waals surface area contributed by atoms with Crippen LogP contribution in [0.15, 0.2) is 47.1 Å². The van der Waals surface area contributed by atoms with Gasteiger partial charge in [0.1, 0.15) is 11.6 Å². The molecule has 1 fully saturated rings. The van der Waals surface area contributed by atoms with Crippen LogP contribution in [0.2, 0.25) is 0 Å². The third kappa shape index (κ3) is 3.90. The summed E-state index contributed by atoms with van der Waals surface area (Å²) in [5.41, 5.74) is 2.11. The smallest absolute Gasteiger partial charge is 0.169 e. The van der Waals surface area contributed by atoms with Gasteiger partial charge in [0, 0.05) is 19.0 Å². The Morgan fingerprint density at radius 2 is 2.08 bits per heavy atom. The molecule has 2 aromatic heterocycles. The molecule has 26 heavy (non-hydrogen) atoms. The summed E-state index contributed by atoms with van der Waals surface area (Å²) in [6, 6.07) is 12.5. The average molecular weight is 369 g/mol. The average Bonchev–Trinajstić information content (AvgIpc) is 3.40. The van der Waals surface area contributed by atoms with Crippen molar-refractivity contribution in [2.24, 2.45) is 0 Å². The van der Waals surface area contributed by atoms with Crippen molar-refractivity contribution in [1.82, 2.24) is 20.2 Å². The van der Waals surface area contributed by atoms with Gasteiger partial charge in [0.15, 0.2) is 5.11 Å². The molecule has 2 N–H and O–H groups in total. The van der Waals surface area contributed by atoms with Gasteiger partial charge >= 0.3 is 0 Å². The summed E-state index contributed by atoms with van der Waals surface area (Å²) in [5, 5.41) is 4.17. The number of para-hydroxylation sites is 2. The molecule has 1 aliphatic rings. The number of rotatable bonds is 6. The Morgan fingerprint density at radius 3 is 2.85 bits per heavy atom. The maximum atomic E-state index is 5.71. The highest BCUT2D eigenvalue weighted by Gasteiger charge is 2.24. The van der Waals surface area contributed by atoms with Gasteiger partial charge in [0.05, 0.1) is 23.8 Å². The van der Waals surface area contributed by atoms with Gasteiger partial charge in [-0.05, 0) is 49.3 Å². The summed E-state index contributed by atoms with van der Waals surface area (Å²) in [5.74, 6) is 1.92. The van der Waals surface area contributed by atoms with Gasteiger partial charge in [-0.2, -0.15) is 0 Å². The fourth-order valence-corrected chi connectivity index (χ4v) is 4.01. The van der Waals surface area contributed by atoms with E-state index < -0.39 is 0 Å². The lowest BCUT2D eigenvalue weighted by atomic mass is 10.2.